The Balaban J connectivity index is 2.44. The van der Waals surface area contributed by atoms with Gasteiger partial charge in [0.15, 0.2) is 6.61 Å². The summed E-state index contributed by atoms with van der Waals surface area (Å²) in [5, 5.41) is 0. The molecule has 1 aromatic carbocycles. The summed E-state index contributed by atoms with van der Waals surface area (Å²) >= 11 is 0. The van der Waals surface area contributed by atoms with E-state index in [4.69, 9.17) is 4.74 Å². The maximum absolute atomic E-state index is 11.6. The van der Waals surface area contributed by atoms with E-state index in [-0.39, 0.29) is 12.4 Å². The summed E-state index contributed by atoms with van der Waals surface area (Å²) < 4.78 is 4.80. The number of rotatable bonds is 3. The quantitative estimate of drug-likeness (QED) is 0.277. The fraction of sp³-hybridized carbons (Fsp3) is 0.176. The van der Waals surface area contributed by atoms with E-state index in [1.165, 1.54) is 6.08 Å². The average molecular weight is 266 g/mol. The molecular weight excluding hydrogens is 252 g/mol. The van der Waals surface area contributed by atoms with Gasteiger partial charge in [-0.3, -0.25) is 4.79 Å². The van der Waals surface area contributed by atoms with E-state index >= 15 is 0 Å². The van der Waals surface area contributed by atoms with Crippen LogP contribution in [0.1, 0.15) is 24.2 Å². The summed E-state index contributed by atoms with van der Waals surface area (Å²) in [6, 6.07) is 8.73. The minimum absolute atomic E-state index is 0.0448. The zero-order chi connectivity index (χ0) is 14.8. The van der Waals surface area contributed by atoms with E-state index in [1.807, 2.05) is 6.07 Å². The van der Waals surface area contributed by atoms with Crippen molar-refractivity contribution in [2.45, 2.75) is 13.8 Å². The minimum atomic E-state index is -0.437. The number of esters is 1. The van der Waals surface area contributed by atoms with Crippen LogP contribution in [0.15, 0.2) is 42.0 Å². The summed E-state index contributed by atoms with van der Waals surface area (Å²) in [6.45, 7) is 3.55. The van der Waals surface area contributed by atoms with Crippen molar-refractivity contribution in [2.24, 2.45) is 0 Å². The third-order valence-corrected chi connectivity index (χ3v) is 2.06. The summed E-state index contributed by atoms with van der Waals surface area (Å²) in [5.41, 5.74) is 1.38. The number of benzene rings is 1. The number of hydrogen-bond acceptors (Lipinski definition) is 3. The van der Waals surface area contributed by atoms with E-state index in [0.29, 0.717) is 5.56 Å². The molecule has 0 spiro atoms. The van der Waals surface area contributed by atoms with Gasteiger partial charge in [-0.25, -0.2) is 4.79 Å². The number of ketones is 1. The Bertz CT molecular complexity index is 628. The SMILES string of the molecule is CC(C)=CC(=O)OCC#CC#CC(=O)c1ccccc1. The molecule has 0 aliphatic rings. The predicted octanol–water partition coefficient (Wildman–Crippen LogP) is 2.39. The molecule has 1 aromatic rings. The van der Waals surface area contributed by atoms with Crippen molar-refractivity contribution in [1.82, 2.24) is 0 Å². The molecule has 0 heterocycles. The maximum atomic E-state index is 11.6. The molecule has 0 saturated carbocycles. The van der Waals surface area contributed by atoms with Gasteiger partial charge in [0.05, 0.1) is 0 Å². The van der Waals surface area contributed by atoms with Gasteiger partial charge in [-0.1, -0.05) is 35.9 Å². The molecule has 0 saturated heterocycles. The molecule has 0 amide bonds. The molecule has 3 heteroatoms. The van der Waals surface area contributed by atoms with E-state index in [0.717, 1.165) is 5.57 Å². The van der Waals surface area contributed by atoms with Crippen LogP contribution < -0.4 is 0 Å². The van der Waals surface area contributed by atoms with Crippen LogP contribution in [0.2, 0.25) is 0 Å². The second-order valence-corrected chi connectivity index (χ2v) is 4.08. The lowest BCUT2D eigenvalue weighted by Crippen LogP contribution is -2.00. The van der Waals surface area contributed by atoms with Crippen LogP contribution in [0.4, 0.5) is 0 Å². The summed E-state index contributed by atoms with van der Waals surface area (Å²) in [6.07, 6.45) is 1.38. The third-order valence-electron chi connectivity index (χ3n) is 2.06. The van der Waals surface area contributed by atoms with Gasteiger partial charge in [0.2, 0.25) is 5.78 Å². The first-order chi connectivity index (χ1) is 9.59. The van der Waals surface area contributed by atoms with Gasteiger partial charge in [0.25, 0.3) is 0 Å². The largest absolute Gasteiger partial charge is 0.449 e. The molecule has 0 radical (unpaired) electrons. The Hall–Kier alpha value is -2.78. The van der Waals surface area contributed by atoms with Crippen molar-refractivity contribution in [1.29, 1.82) is 0 Å². The summed E-state index contributed by atoms with van der Waals surface area (Å²) in [7, 11) is 0. The molecule has 0 N–H and O–H groups in total. The lowest BCUT2D eigenvalue weighted by atomic mass is 10.1. The Morgan fingerprint density at radius 1 is 1.15 bits per heavy atom. The van der Waals surface area contributed by atoms with Crippen molar-refractivity contribution in [3.63, 3.8) is 0 Å². The number of allylic oxidation sites excluding steroid dienone is 1. The first-order valence-electron chi connectivity index (χ1n) is 5.99. The highest BCUT2D eigenvalue weighted by Gasteiger charge is 1.98. The van der Waals surface area contributed by atoms with Crippen LogP contribution in [-0.4, -0.2) is 18.4 Å². The number of carbonyl (C=O) groups excluding carboxylic acids is 2. The van der Waals surface area contributed by atoms with Crippen LogP contribution in [0.3, 0.4) is 0 Å². The highest BCUT2D eigenvalue weighted by Crippen LogP contribution is 1.98. The van der Waals surface area contributed by atoms with Gasteiger partial charge in [0, 0.05) is 11.6 Å². The first kappa shape index (κ1) is 15.3. The summed E-state index contributed by atoms with van der Waals surface area (Å²) in [4.78, 5) is 22.7. The van der Waals surface area contributed by atoms with Crippen LogP contribution in [0.5, 0.6) is 0 Å². The van der Waals surface area contributed by atoms with Crippen LogP contribution in [0, 0.1) is 23.7 Å². The van der Waals surface area contributed by atoms with E-state index in [9.17, 15) is 9.59 Å². The van der Waals surface area contributed by atoms with Crippen LogP contribution >= 0.6 is 0 Å². The number of hydrogen-bond donors (Lipinski definition) is 0. The van der Waals surface area contributed by atoms with Crippen molar-refractivity contribution in [3.8, 4) is 23.7 Å². The molecule has 3 nitrogen and oxygen atoms in total. The Kier molecular flexibility index (Phi) is 6.37. The monoisotopic (exact) mass is 266 g/mol. The second-order valence-electron chi connectivity index (χ2n) is 4.08. The molecule has 20 heavy (non-hydrogen) atoms. The molecule has 0 bridgehead atoms. The van der Waals surface area contributed by atoms with Crippen LogP contribution in [0.25, 0.3) is 0 Å². The second kappa shape index (κ2) is 8.34. The minimum Gasteiger partial charge on any atom is -0.449 e. The van der Waals surface area contributed by atoms with Gasteiger partial charge in [-0.2, -0.15) is 0 Å². The topological polar surface area (TPSA) is 43.4 Å². The number of Topliss-reactive ketones (excluding diaryl/α,β-unsaturated/α-hetero) is 1. The molecule has 0 aliphatic heterocycles. The van der Waals surface area contributed by atoms with Crippen molar-refractivity contribution >= 4 is 11.8 Å². The lowest BCUT2D eigenvalue weighted by molar-refractivity contribution is -0.136. The summed E-state index contributed by atoms with van der Waals surface area (Å²) in [5.74, 6) is 9.12. The van der Waals surface area contributed by atoms with Crippen molar-refractivity contribution in [3.05, 3.63) is 47.5 Å². The maximum Gasteiger partial charge on any atom is 0.331 e. The molecular formula is C17H14O3. The van der Waals surface area contributed by atoms with Gasteiger partial charge in [-0.05, 0) is 37.5 Å². The zero-order valence-electron chi connectivity index (χ0n) is 11.4. The highest BCUT2D eigenvalue weighted by atomic mass is 16.5. The average Bonchev–Trinajstić information content (AvgIpc) is 2.42. The zero-order valence-corrected chi connectivity index (χ0v) is 11.4. The van der Waals surface area contributed by atoms with E-state index < -0.39 is 5.97 Å². The number of ether oxygens (including phenoxy) is 1. The molecule has 0 aliphatic carbocycles. The van der Waals surface area contributed by atoms with E-state index in [1.54, 1.807) is 38.1 Å². The Morgan fingerprint density at radius 3 is 2.50 bits per heavy atom. The molecule has 0 atom stereocenters. The van der Waals surface area contributed by atoms with Gasteiger partial charge in [-0.15, -0.1) is 0 Å². The normalized spacial score (nSPS) is 8.30. The lowest BCUT2D eigenvalue weighted by Gasteiger charge is -1.94. The first-order valence-corrected chi connectivity index (χ1v) is 5.99. The van der Waals surface area contributed by atoms with Gasteiger partial charge >= 0.3 is 5.97 Å². The Labute approximate surface area is 118 Å². The molecule has 100 valence electrons. The predicted molar refractivity (Wildman–Crippen MR) is 76.7 cm³/mol. The molecule has 0 aromatic heterocycles. The fourth-order valence-corrected chi connectivity index (χ4v) is 1.21. The van der Waals surface area contributed by atoms with Crippen molar-refractivity contribution < 1.29 is 14.3 Å². The molecule has 1 rings (SSSR count). The third kappa shape index (κ3) is 6.23. The van der Waals surface area contributed by atoms with Gasteiger partial charge < -0.3 is 4.74 Å². The van der Waals surface area contributed by atoms with E-state index in [2.05, 4.69) is 23.7 Å². The molecule has 0 fully saturated rings. The molecule has 0 unspecified atom stereocenters. The fourth-order valence-electron chi connectivity index (χ4n) is 1.21. The van der Waals surface area contributed by atoms with Crippen molar-refractivity contribution in [2.75, 3.05) is 6.61 Å². The number of carbonyl (C=O) groups is 2. The highest BCUT2D eigenvalue weighted by molar-refractivity contribution is 6.09. The van der Waals surface area contributed by atoms with Gasteiger partial charge in [0.1, 0.15) is 0 Å². The smallest absolute Gasteiger partial charge is 0.331 e. The Morgan fingerprint density at radius 2 is 1.85 bits per heavy atom. The standard InChI is InChI=1S/C17H14O3/c1-14(2)13-17(19)20-12-8-4-7-11-16(18)15-9-5-3-6-10-15/h3,5-6,9-10,13H,12H2,1-2H3. The van der Waals surface area contributed by atoms with Crippen LogP contribution in [-0.2, 0) is 9.53 Å².